The number of halogens is 1. The number of hydrogen-bond donors (Lipinski definition) is 1. The molecular weight excluding hydrogens is 426 g/mol. The summed E-state index contributed by atoms with van der Waals surface area (Å²) < 4.78 is 12.5. The van der Waals surface area contributed by atoms with E-state index in [1.165, 1.54) is 11.3 Å². The SMILES string of the molecule is CCOc1ccc(C(=O)Nc2cc(-c3nn4c(C)nnc4s3)ccc2OC)cc1Cl. The summed E-state index contributed by atoms with van der Waals surface area (Å²) in [5.41, 5.74) is 1.75. The summed E-state index contributed by atoms with van der Waals surface area (Å²) in [4.78, 5) is 13.5. The molecule has 10 heteroatoms. The highest BCUT2D eigenvalue weighted by Crippen LogP contribution is 2.33. The van der Waals surface area contributed by atoms with Crippen LogP contribution in [-0.4, -0.2) is 39.4 Å². The molecule has 2 heterocycles. The van der Waals surface area contributed by atoms with Gasteiger partial charge in [0.2, 0.25) is 4.96 Å². The summed E-state index contributed by atoms with van der Waals surface area (Å²) in [6.45, 7) is 4.20. The number of aryl methyl sites for hydroxylation is 1. The van der Waals surface area contributed by atoms with E-state index in [0.29, 0.717) is 45.2 Å². The fourth-order valence-electron chi connectivity index (χ4n) is 2.88. The summed E-state index contributed by atoms with van der Waals surface area (Å²) in [6, 6.07) is 10.4. The number of anilines is 1. The van der Waals surface area contributed by atoms with Crippen LogP contribution in [0.2, 0.25) is 5.02 Å². The van der Waals surface area contributed by atoms with E-state index in [2.05, 4.69) is 20.6 Å². The smallest absolute Gasteiger partial charge is 0.255 e. The number of methoxy groups -OCH3 is 1. The third kappa shape index (κ3) is 3.81. The van der Waals surface area contributed by atoms with E-state index >= 15 is 0 Å². The Labute approximate surface area is 181 Å². The average Bonchev–Trinajstić information content (AvgIpc) is 3.31. The van der Waals surface area contributed by atoms with Crippen molar-refractivity contribution in [2.24, 2.45) is 0 Å². The van der Waals surface area contributed by atoms with Gasteiger partial charge in [-0.1, -0.05) is 22.9 Å². The first-order valence-corrected chi connectivity index (χ1v) is 10.3. The van der Waals surface area contributed by atoms with Crippen molar-refractivity contribution in [3.05, 3.63) is 52.8 Å². The van der Waals surface area contributed by atoms with Crippen molar-refractivity contribution in [3.8, 4) is 22.1 Å². The molecule has 2 aromatic carbocycles. The first-order chi connectivity index (χ1) is 14.5. The Bertz CT molecular complexity index is 1240. The highest BCUT2D eigenvalue weighted by atomic mass is 35.5. The number of nitrogens with one attached hydrogen (secondary N) is 1. The first-order valence-electron chi connectivity index (χ1n) is 9.11. The maximum absolute atomic E-state index is 12.8. The van der Waals surface area contributed by atoms with E-state index in [-0.39, 0.29) is 5.91 Å². The number of benzene rings is 2. The lowest BCUT2D eigenvalue weighted by atomic mass is 10.1. The van der Waals surface area contributed by atoms with Gasteiger partial charge in [0.1, 0.15) is 16.5 Å². The van der Waals surface area contributed by atoms with Crippen molar-refractivity contribution < 1.29 is 14.3 Å². The predicted octanol–water partition coefficient (Wildman–Crippen LogP) is 4.47. The van der Waals surface area contributed by atoms with Gasteiger partial charge >= 0.3 is 0 Å². The van der Waals surface area contributed by atoms with E-state index in [4.69, 9.17) is 21.1 Å². The maximum atomic E-state index is 12.8. The van der Waals surface area contributed by atoms with Crippen molar-refractivity contribution >= 4 is 39.5 Å². The molecule has 154 valence electrons. The Hall–Kier alpha value is -3.17. The molecule has 4 rings (SSSR count). The molecule has 0 atom stereocenters. The minimum absolute atomic E-state index is 0.315. The van der Waals surface area contributed by atoms with Crippen LogP contribution in [0.25, 0.3) is 15.5 Å². The molecule has 0 aliphatic carbocycles. The van der Waals surface area contributed by atoms with Crippen molar-refractivity contribution in [2.45, 2.75) is 13.8 Å². The summed E-state index contributed by atoms with van der Waals surface area (Å²) >= 11 is 7.62. The fourth-order valence-corrected chi connectivity index (χ4v) is 4.00. The minimum Gasteiger partial charge on any atom is -0.495 e. The molecule has 0 aliphatic rings. The molecule has 2 aromatic heterocycles. The van der Waals surface area contributed by atoms with Crippen LogP contribution in [0, 0.1) is 6.92 Å². The molecule has 0 radical (unpaired) electrons. The number of rotatable bonds is 6. The molecule has 0 unspecified atom stereocenters. The third-order valence-corrected chi connectivity index (χ3v) is 5.58. The second kappa shape index (κ2) is 8.29. The van der Waals surface area contributed by atoms with Gasteiger partial charge < -0.3 is 14.8 Å². The van der Waals surface area contributed by atoms with E-state index in [9.17, 15) is 4.79 Å². The Morgan fingerprint density at radius 3 is 2.70 bits per heavy atom. The van der Waals surface area contributed by atoms with Crippen molar-refractivity contribution in [3.63, 3.8) is 0 Å². The molecule has 0 aliphatic heterocycles. The molecule has 4 aromatic rings. The second-order valence-corrected chi connectivity index (χ2v) is 7.66. The molecule has 0 fully saturated rings. The maximum Gasteiger partial charge on any atom is 0.255 e. The fraction of sp³-hybridized carbons (Fsp3) is 0.200. The summed E-state index contributed by atoms with van der Waals surface area (Å²) in [5.74, 6) is 1.46. The van der Waals surface area contributed by atoms with Gasteiger partial charge in [-0.2, -0.15) is 9.61 Å². The topological polar surface area (TPSA) is 90.6 Å². The van der Waals surface area contributed by atoms with E-state index in [1.807, 2.05) is 26.0 Å². The Morgan fingerprint density at radius 2 is 2.00 bits per heavy atom. The van der Waals surface area contributed by atoms with Gasteiger partial charge in [0.05, 0.1) is 24.4 Å². The quantitative estimate of drug-likeness (QED) is 0.472. The normalized spacial score (nSPS) is 10.9. The monoisotopic (exact) mass is 443 g/mol. The van der Waals surface area contributed by atoms with Crippen LogP contribution in [0.3, 0.4) is 0 Å². The number of amides is 1. The lowest BCUT2D eigenvalue weighted by molar-refractivity contribution is 0.102. The Kier molecular flexibility index (Phi) is 5.56. The third-order valence-electron chi connectivity index (χ3n) is 4.34. The van der Waals surface area contributed by atoms with Crippen molar-refractivity contribution in [1.29, 1.82) is 0 Å². The largest absolute Gasteiger partial charge is 0.495 e. The van der Waals surface area contributed by atoms with Crippen LogP contribution in [0.4, 0.5) is 5.69 Å². The highest BCUT2D eigenvalue weighted by molar-refractivity contribution is 7.19. The number of hydrogen-bond acceptors (Lipinski definition) is 7. The molecule has 0 saturated carbocycles. The van der Waals surface area contributed by atoms with E-state index < -0.39 is 0 Å². The Morgan fingerprint density at radius 1 is 1.20 bits per heavy atom. The van der Waals surface area contributed by atoms with Gasteiger partial charge in [-0.15, -0.1) is 10.2 Å². The molecular formula is C20H18ClN5O3S. The summed E-state index contributed by atoms with van der Waals surface area (Å²) in [5, 5.41) is 16.6. The van der Waals surface area contributed by atoms with Crippen LogP contribution in [0.5, 0.6) is 11.5 Å². The zero-order chi connectivity index (χ0) is 21.3. The zero-order valence-electron chi connectivity index (χ0n) is 16.5. The number of fused-ring (bicyclic) bond motifs is 1. The zero-order valence-corrected chi connectivity index (χ0v) is 18.0. The lowest BCUT2D eigenvalue weighted by Crippen LogP contribution is -2.13. The van der Waals surface area contributed by atoms with Gasteiger partial charge in [0.25, 0.3) is 5.91 Å². The van der Waals surface area contributed by atoms with Crippen LogP contribution in [0.1, 0.15) is 23.1 Å². The standard InChI is InChI=1S/C20H18ClN5O3S/c1-4-29-16-7-5-12(9-14(16)21)18(27)22-15-10-13(6-8-17(15)28-3)19-25-26-11(2)23-24-20(26)30-19/h5-10H,4H2,1-3H3,(H,22,27). The van der Waals surface area contributed by atoms with Gasteiger partial charge in [-0.3, -0.25) is 4.79 Å². The molecule has 0 bridgehead atoms. The summed E-state index contributed by atoms with van der Waals surface area (Å²) in [6.07, 6.45) is 0. The number of carbonyl (C=O) groups excluding carboxylic acids is 1. The summed E-state index contributed by atoms with van der Waals surface area (Å²) in [7, 11) is 1.55. The molecule has 30 heavy (non-hydrogen) atoms. The minimum atomic E-state index is -0.315. The van der Waals surface area contributed by atoms with Crippen molar-refractivity contribution in [1.82, 2.24) is 19.8 Å². The van der Waals surface area contributed by atoms with Crippen LogP contribution >= 0.6 is 22.9 Å². The van der Waals surface area contributed by atoms with E-state index in [1.54, 1.807) is 35.9 Å². The van der Waals surface area contributed by atoms with Gasteiger partial charge in [0.15, 0.2) is 5.82 Å². The number of ether oxygens (including phenoxy) is 2. The molecule has 8 nitrogen and oxygen atoms in total. The number of aromatic nitrogens is 4. The Balaban J connectivity index is 1.63. The van der Waals surface area contributed by atoms with Crippen LogP contribution in [0.15, 0.2) is 36.4 Å². The predicted molar refractivity (Wildman–Crippen MR) is 116 cm³/mol. The van der Waals surface area contributed by atoms with Crippen LogP contribution < -0.4 is 14.8 Å². The number of nitrogens with zero attached hydrogens (tertiary/aromatic N) is 4. The molecule has 1 amide bonds. The van der Waals surface area contributed by atoms with Gasteiger partial charge in [-0.25, -0.2) is 0 Å². The first kappa shape index (κ1) is 20.1. The van der Waals surface area contributed by atoms with E-state index in [0.717, 1.165) is 10.6 Å². The molecule has 0 saturated heterocycles. The average molecular weight is 444 g/mol. The highest BCUT2D eigenvalue weighted by Gasteiger charge is 2.16. The van der Waals surface area contributed by atoms with Gasteiger partial charge in [-0.05, 0) is 50.2 Å². The molecule has 1 N–H and O–H groups in total. The second-order valence-electron chi connectivity index (χ2n) is 6.30. The van der Waals surface area contributed by atoms with Gasteiger partial charge in [0, 0.05) is 11.1 Å². The lowest BCUT2D eigenvalue weighted by Gasteiger charge is -2.12. The van der Waals surface area contributed by atoms with Crippen molar-refractivity contribution in [2.75, 3.05) is 19.0 Å². The molecule has 0 spiro atoms. The number of carbonyl (C=O) groups is 1. The van der Waals surface area contributed by atoms with Crippen LogP contribution in [-0.2, 0) is 0 Å².